The number of rotatable bonds is 4. The van der Waals surface area contributed by atoms with Crippen LogP contribution in [0.4, 0.5) is 8.78 Å². The van der Waals surface area contributed by atoms with Crippen LogP contribution in [-0.4, -0.2) is 64.3 Å². The van der Waals surface area contributed by atoms with Gasteiger partial charge in [0, 0.05) is 4.91 Å². The van der Waals surface area contributed by atoms with Gasteiger partial charge in [-0.15, -0.1) is 0 Å². The predicted molar refractivity (Wildman–Crippen MR) is 59.5 cm³/mol. The van der Waals surface area contributed by atoms with E-state index in [0.717, 1.165) is 0 Å². The first-order valence-corrected chi connectivity index (χ1v) is 5.62. The molecule has 0 aromatic rings. The number of hydrogen-bond donors (Lipinski definition) is 4. The van der Waals surface area contributed by atoms with Gasteiger partial charge in [0.2, 0.25) is 0 Å². The molecule has 1 heterocycles. The van der Waals surface area contributed by atoms with Crippen molar-refractivity contribution in [3.8, 4) is 0 Å². The second-order valence-corrected chi connectivity index (χ2v) is 4.27. The Bertz CT molecular complexity index is 417. The second kappa shape index (κ2) is 6.29. The summed E-state index contributed by atoms with van der Waals surface area (Å²) in [7, 11) is 0. The molecule has 1 fully saturated rings. The van der Waals surface area contributed by atoms with Crippen LogP contribution in [0.15, 0.2) is 5.11 Å². The average molecular weight is 296 g/mol. The highest BCUT2D eigenvalue weighted by Gasteiger charge is 2.46. The number of azide groups is 1. The Kier molecular flexibility index (Phi) is 5.20. The van der Waals surface area contributed by atoms with Crippen LogP contribution in [0.2, 0.25) is 0 Å². The quantitative estimate of drug-likeness (QED) is 0.224. The third-order valence-electron chi connectivity index (χ3n) is 2.92. The fourth-order valence-electron chi connectivity index (χ4n) is 1.84. The minimum atomic E-state index is -4.33. The summed E-state index contributed by atoms with van der Waals surface area (Å²) in [6, 6.07) is -5.67. The van der Waals surface area contributed by atoms with Crippen LogP contribution in [0.3, 0.4) is 0 Å². The fourth-order valence-corrected chi connectivity index (χ4v) is 1.84. The van der Waals surface area contributed by atoms with Crippen molar-refractivity contribution in [2.75, 3.05) is 6.61 Å². The summed E-state index contributed by atoms with van der Waals surface area (Å²) in [5, 5.41) is 32.0. The van der Waals surface area contributed by atoms with E-state index < -0.39 is 49.0 Å². The Morgan fingerprint density at radius 2 is 2.10 bits per heavy atom. The van der Waals surface area contributed by atoms with Gasteiger partial charge in [0.05, 0.1) is 18.8 Å². The third kappa shape index (κ3) is 3.32. The molecule has 9 nitrogen and oxygen atoms in total. The van der Waals surface area contributed by atoms with Crippen molar-refractivity contribution in [1.82, 2.24) is 5.32 Å². The van der Waals surface area contributed by atoms with Crippen LogP contribution >= 0.6 is 0 Å². The summed E-state index contributed by atoms with van der Waals surface area (Å²) in [4.78, 5) is 13.1. The standard InChI is InChI=1S/C9H14F2N4O5/c1-3-5(7(18)6(17)4(2-16)20-3)13-8(19)9(10,11)14-15-12/h3-7,16-18H,2H2,1H3,(H,13,19)/t3-,4?,5?,6+,7-/m1/s1. The van der Waals surface area contributed by atoms with Gasteiger partial charge in [-0.05, 0) is 17.6 Å². The van der Waals surface area contributed by atoms with E-state index in [2.05, 4.69) is 0 Å². The zero-order valence-corrected chi connectivity index (χ0v) is 10.3. The summed E-state index contributed by atoms with van der Waals surface area (Å²) in [6.45, 7) is 0.770. The molecule has 114 valence electrons. The molecular weight excluding hydrogens is 282 g/mol. The first-order chi connectivity index (χ1) is 9.24. The predicted octanol–water partition coefficient (Wildman–Crippen LogP) is -1.12. The Hall–Kier alpha value is -1.52. The van der Waals surface area contributed by atoms with E-state index in [-0.39, 0.29) is 0 Å². The lowest BCUT2D eigenvalue weighted by Crippen LogP contribution is -2.64. The first-order valence-electron chi connectivity index (χ1n) is 5.62. The maximum absolute atomic E-state index is 13.0. The van der Waals surface area contributed by atoms with E-state index in [1.165, 1.54) is 6.92 Å². The maximum Gasteiger partial charge on any atom is 0.401 e. The molecule has 1 rings (SSSR count). The fraction of sp³-hybridized carbons (Fsp3) is 0.889. The molecule has 1 aliphatic rings. The zero-order valence-electron chi connectivity index (χ0n) is 10.3. The molecular formula is C9H14F2N4O5. The molecule has 0 bridgehead atoms. The van der Waals surface area contributed by atoms with E-state index in [0.29, 0.717) is 0 Å². The Morgan fingerprint density at radius 3 is 2.60 bits per heavy atom. The van der Waals surface area contributed by atoms with Crippen molar-refractivity contribution >= 4 is 5.91 Å². The van der Waals surface area contributed by atoms with E-state index in [1.807, 2.05) is 10.0 Å². The lowest BCUT2D eigenvalue weighted by molar-refractivity contribution is -0.193. The van der Waals surface area contributed by atoms with Crippen LogP contribution in [-0.2, 0) is 9.53 Å². The minimum absolute atomic E-state index is 0.585. The molecule has 4 N–H and O–H groups in total. The molecule has 1 saturated heterocycles. The van der Waals surface area contributed by atoms with Gasteiger partial charge in [0.1, 0.15) is 18.3 Å². The van der Waals surface area contributed by atoms with Gasteiger partial charge in [0.15, 0.2) is 0 Å². The Morgan fingerprint density at radius 1 is 1.50 bits per heavy atom. The highest BCUT2D eigenvalue weighted by atomic mass is 19.3. The van der Waals surface area contributed by atoms with Gasteiger partial charge >= 0.3 is 6.05 Å². The van der Waals surface area contributed by atoms with Crippen molar-refractivity contribution in [2.24, 2.45) is 5.11 Å². The van der Waals surface area contributed by atoms with Gasteiger partial charge in [-0.25, -0.2) is 0 Å². The highest BCUT2D eigenvalue weighted by Crippen LogP contribution is 2.23. The molecule has 1 aliphatic heterocycles. The van der Waals surface area contributed by atoms with E-state index >= 15 is 0 Å². The van der Waals surface area contributed by atoms with Crippen LogP contribution in [0.5, 0.6) is 0 Å². The molecule has 0 aromatic heterocycles. The number of amides is 1. The Balaban J connectivity index is 2.81. The van der Waals surface area contributed by atoms with Crippen molar-refractivity contribution < 1.29 is 33.6 Å². The summed E-state index contributed by atoms with van der Waals surface area (Å²) in [5.74, 6) is -1.93. The maximum atomic E-state index is 13.0. The van der Waals surface area contributed by atoms with Crippen molar-refractivity contribution in [3.63, 3.8) is 0 Å². The van der Waals surface area contributed by atoms with E-state index in [9.17, 15) is 23.8 Å². The molecule has 5 atom stereocenters. The number of carbonyl (C=O) groups is 1. The second-order valence-electron chi connectivity index (χ2n) is 4.27. The van der Waals surface area contributed by atoms with Gasteiger partial charge in [-0.3, -0.25) is 4.79 Å². The van der Waals surface area contributed by atoms with Gasteiger partial charge in [-0.1, -0.05) is 0 Å². The number of carbonyl (C=O) groups excluding carboxylic acids is 1. The first kappa shape index (κ1) is 16.5. The summed E-state index contributed by atoms with van der Waals surface area (Å²) >= 11 is 0. The summed E-state index contributed by atoms with van der Waals surface area (Å²) in [6.07, 6.45) is -5.22. The molecule has 2 unspecified atom stereocenters. The van der Waals surface area contributed by atoms with E-state index in [1.54, 1.807) is 5.32 Å². The summed E-state index contributed by atoms with van der Waals surface area (Å²) < 4.78 is 31.1. The number of halogens is 2. The molecule has 0 radical (unpaired) electrons. The molecule has 1 amide bonds. The number of alkyl halides is 2. The number of aliphatic hydroxyl groups excluding tert-OH is 3. The highest BCUT2D eigenvalue weighted by molar-refractivity contribution is 5.83. The normalized spacial score (nSPS) is 34.2. The molecule has 20 heavy (non-hydrogen) atoms. The lowest BCUT2D eigenvalue weighted by atomic mass is 9.93. The van der Waals surface area contributed by atoms with Crippen molar-refractivity contribution in [2.45, 2.75) is 43.4 Å². The molecule has 0 saturated carbocycles. The van der Waals surface area contributed by atoms with Crippen LogP contribution < -0.4 is 5.32 Å². The SMILES string of the molecule is C[C@H]1OC(CO)[C@H](O)[C@H](O)C1NC(=O)C(F)(F)N=[N+]=[N-]. The lowest BCUT2D eigenvalue weighted by Gasteiger charge is -2.41. The molecule has 0 aromatic carbocycles. The summed E-state index contributed by atoms with van der Waals surface area (Å²) in [5.41, 5.74) is 7.93. The number of ether oxygens (including phenoxy) is 1. The largest absolute Gasteiger partial charge is 0.401 e. The average Bonchev–Trinajstić information content (AvgIpc) is 2.38. The van der Waals surface area contributed by atoms with Crippen molar-refractivity contribution in [1.29, 1.82) is 0 Å². The Labute approximate surface area is 111 Å². The number of hydrogen-bond acceptors (Lipinski definition) is 6. The topological polar surface area (TPSA) is 148 Å². The monoisotopic (exact) mass is 296 g/mol. The molecule has 11 heteroatoms. The minimum Gasteiger partial charge on any atom is -0.394 e. The van der Waals surface area contributed by atoms with Crippen molar-refractivity contribution in [3.05, 3.63) is 10.4 Å². The molecule has 0 spiro atoms. The van der Waals surface area contributed by atoms with E-state index in [4.69, 9.17) is 15.4 Å². The van der Waals surface area contributed by atoms with Gasteiger partial charge < -0.3 is 25.4 Å². The number of nitrogens with one attached hydrogen (secondary N) is 1. The smallest absolute Gasteiger partial charge is 0.394 e. The van der Waals surface area contributed by atoms with Crippen LogP contribution in [0.25, 0.3) is 10.4 Å². The number of nitrogens with zero attached hydrogens (tertiary/aromatic N) is 3. The number of aliphatic hydroxyl groups is 3. The third-order valence-corrected chi connectivity index (χ3v) is 2.92. The van der Waals surface area contributed by atoms with Gasteiger partial charge in [-0.2, -0.15) is 8.78 Å². The van der Waals surface area contributed by atoms with Gasteiger partial charge in [0.25, 0.3) is 5.91 Å². The van der Waals surface area contributed by atoms with Crippen LogP contribution in [0.1, 0.15) is 6.92 Å². The molecule has 0 aliphatic carbocycles. The zero-order chi connectivity index (χ0) is 15.5. The van der Waals surface area contributed by atoms with Crippen LogP contribution in [0, 0.1) is 0 Å².